The number of aromatic nitrogens is 4. The van der Waals surface area contributed by atoms with Crippen molar-refractivity contribution in [1.29, 1.82) is 0 Å². The van der Waals surface area contributed by atoms with Crippen LogP contribution in [0.25, 0.3) is 10.7 Å². The number of carbonyl (C=O) groups is 1. The van der Waals surface area contributed by atoms with E-state index in [4.69, 9.17) is 10.5 Å². The number of anilines is 1. The van der Waals surface area contributed by atoms with E-state index >= 15 is 0 Å². The minimum absolute atomic E-state index is 0.265. The van der Waals surface area contributed by atoms with Crippen LogP contribution < -0.4 is 11.1 Å². The highest BCUT2D eigenvalue weighted by molar-refractivity contribution is 7.15. The smallest absolute Gasteiger partial charge is 0.211 e. The third-order valence-electron chi connectivity index (χ3n) is 6.35. The molecular weight excluding hydrogens is 445 g/mol. The molecular formula is C22H24FN7O2S. The number of hydrogen-bond acceptors (Lipinski definition) is 9. The van der Waals surface area contributed by atoms with Crippen molar-refractivity contribution < 1.29 is 13.9 Å². The van der Waals surface area contributed by atoms with Crippen molar-refractivity contribution in [3.05, 3.63) is 53.0 Å². The average molecular weight is 470 g/mol. The van der Waals surface area contributed by atoms with Crippen molar-refractivity contribution in [3.63, 3.8) is 0 Å². The molecule has 0 radical (unpaired) electrons. The molecule has 3 aromatic heterocycles. The quantitative estimate of drug-likeness (QED) is 0.362. The van der Waals surface area contributed by atoms with E-state index in [-0.39, 0.29) is 11.2 Å². The van der Waals surface area contributed by atoms with Gasteiger partial charge in [-0.2, -0.15) is 0 Å². The van der Waals surface area contributed by atoms with E-state index in [0.29, 0.717) is 48.5 Å². The molecule has 11 heteroatoms. The Bertz CT molecular complexity index is 1130. The molecule has 3 aromatic rings. The third-order valence-corrected chi connectivity index (χ3v) is 7.35. The van der Waals surface area contributed by atoms with Crippen LogP contribution in [0.3, 0.4) is 0 Å². The molecule has 1 amide bonds. The van der Waals surface area contributed by atoms with Crippen molar-refractivity contribution >= 4 is 23.6 Å². The van der Waals surface area contributed by atoms with Crippen LogP contribution >= 0.6 is 11.3 Å². The number of ether oxygens (including phenoxy) is 1. The minimum atomic E-state index is -0.755. The lowest BCUT2D eigenvalue weighted by Crippen LogP contribution is -2.67. The molecule has 1 saturated heterocycles. The maximum absolute atomic E-state index is 14.3. The van der Waals surface area contributed by atoms with E-state index in [2.05, 4.69) is 25.5 Å². The molecule has 0 aromatic carbocycles. The predicted octanol–water partition coefficient (Wildman–Crippen LogP) is 2.31. The molecule has 33 heavy (non-hydrogen) atoms. The standard InChI is InChI=1S/C22H24FN7O2S/c23-16-3-1-8-25-19(16)21(6-2-7-21)11-27-18-5-4-17(28-29-18)20-26-9-15(33-20)10-30(14-31)22(24)12-32-13-22/h1,3-5,8-9,14H,2,6-7,10-13,24H2,(H,27,29). The second-order valence-corrected chi connectivity index (χ2v) is 9.70. The van der Waals surface area contributed by atoms with Crippen molar-refractivity contribution in [3.8, 4) is 10.7 Å². The van der Waals surface area contributed by atoms with Crippen LogP contribution in [-0.4, -0.2) is 56.9 Å². The van der Waals surface area contributed by atoms with Gasteiger partial charge in [-0.25, -0.2) is 9.37 Å². The zero-order chi connectivity index (χ0) is 22.9. The Morgan fingerprint density at radius 1 is 1.24 bits per heavy atom. The van der Waals surface area contributed by atoms with Gasteiger partial charge < -0.3 is 20.7 Å². The topological polar surface area (TPSA) is 119 Å². The molecule has 1 saturated carbocycles. The number of thiazole rings is 1. The summed E-state index contributed by atoms with van der Waals surface area (Å²) in [5.41, 5.74) is 6.24. The first kappa shape index (κ1) is 21.8. The van der Waals surface area contributed by atoms with Gasteiger partial charge in [-0.15, -0.1) is 21.5 Å². The third kappa shape index (κ3) is 4.19. The van der Waals surface area contributed by atoms with Crippen molar-refractivity contribution in [1.82, 2.24) is 25.1 Å². The number of halogens is 1. The van der Waals surface area contributed by atoms with E-state index in [0.717, 1.165) is 30.5 Å². The second kappa shape index (κ2) is 8.73. The molecule has 0 atom stereocenters. The zero-order valence-corrected chi connectivity index (χ0v) is 18.7. The molecule has 172 valence electrons. The predicted molar refractivity (Wildman–Crippen MR) is 121 cm³/mol. The van der Waals surface area contributed by atoms with Crippen LogP contribution in [0.4, 0.5) is 10.2 Å². The van der Waals surface area contributed by atoms with Crippen LogP contribution in [0.5, 0.6) is 0 Å². The van der Waals surface area contributed by atoms with Gasteiger partial charge in [0.1, 0.15) is 28.0 Å². The zero-order valence-electron chi connectivity index (χ0n) is 17.9. The van der Waals surface area contributed by atoms with Crippen LogP contribution in [0, 0.1) is 5.82 Å². The second-order valence-electron chi connectivity index (χ2n) is 8.59. The fourth-order valence-electron chi connectivity index (χ4n) is 4.12. The van der Waals surface area contributed by atoms with Gasteiger partial charge in [-0.1, -0.05) is 6.42 Å². The monoisotopic (exact) mass is 469 g/mol. The van der Waals surface area contributed by atoms with Gasteiger partial charge in [0.2, 0.25) is 6.41 Å². The Morgan fingerprint density at radius 3 is 2.70 bits per heavy atom. The molecule has 9 nitrogen and oxygen atoms in total. The van der Waals surface area contributed by atoms with Crippen LogP contribution in [0.2, 0.25) is 0 Å². The van der Waals surface area contributed by atoms with Crippen molar-refractivity contribution in [2.45, 2.75) is 36.9 Å². The Labute approximate surface area is 194 Å². The lowest BCUT2D eigenvalue weighted by Gasteiger charge is -2.44. The lowest BCUT2D eigenvalue weighted by atomic mass is 9.66. The van der Waals surface area contributed by atoms with Gasteiger partial charge in [0.05, 0.1) is 25.5 Å². The van der Waals surface area contributed by atoms with Gasteiger partial charge >= 0.3 is 0 Å². The van der Waals surface area contributed by atoms with E-state index in [1.54, 1.807) is 18.5 Å². The first-order valence-corrected chi connectivity index (χ1v) is 11.6. The fraction of sp³-hybridized carbons (Fsp3) is 0.409. The van der Waals surface area contributed by atoms with Crippen LogP contribution in [0.1, 0.15) is 29.8 Å². The fourth-order valence-corrected chi connectivity index (χ4v) is 5.00. The van der Waals surface area contributed by atoms with Gasteiger partial charge in [0.15, 0.2) is 0 Å². The average Bonchev–Trinajstić information content (AvgIpc) is 3.25. The van der Waals surface area contributed by atoms with Crippen LogP contribution in [-0.2, 0) is 21.5 Å². The molecule has 0 unspecified atom stereocenters. The van der Waals surface area contributed by atoms with E-state index in [1.807, 2.05) is 12.1 Å². The molecule has 1 aliphatic heterocycles. The van der Waals surface area contributed by atoms with Gasteiger partial charge in [-0.05, 0) is 37.1 Å². The maximum atomic E-state index is 14.3. The van der Waals surface area contributed by atoms with Crippen molar-refractivity contribution in [2.24, 2.45) is 5.73 Å². The molecule has 2 fully saturated rings. The Kier molecular flexibility index (Phi) is 5.77. The number of pyridine rings is 1. The highest BCUT2D eigenvalue weighted by Crippen LogP contribution is 2.43. The Balaban J connectivity index is 1.23. The van der Waals surface area contributed by atoms with Crippen molar-refractivity contribution in [2.75, 3.05) is 25.1 Å². The van der Waals surface area contributed by atoms with E-state index < -0.39 is 5.66 Å². The van der Waals surface area contributed by atoms with E-state index in [1.165, 1.54) is 22.3 Å². The number of nitrogens with zero attached hydrogens (tertiary/aromatic N) is 5. The van der Waals surface area contributed by atoms with Gasteiger partial charge in [0, 0.05) is 29.2 Å². The normalized spacial score (nSPS) is 18.1. The van der Waals surface area contributed by atoms with E-state index in [9.17, 15) is 9.18 Å². The summed E-state index contributed by atoms with van der Waals surface area (Å²) in [5.74, 6) is 0.346. The summed E-state index contributed by atoms with van der Waals surface area (Å²) in [6.07, 6.45) is 6.92. The highest BCUT2D eigenvalue weighted by atomic mass is 32.1. The number of hydrogen-bond donors (Lipinski definition) is 2. The summed E-state index contributed by atoms with van der Waals surface area (Å²) >= 11 is 1.43. The summed E-state index contributed by atoms with van der Waals surface area (Å²) in [7, 11) is 0. The summed E-state index contributed by atoms with van der Waals surface area (Å²) in [5, 5.41) is 12.6. The number of carbonyl (C=O) groups excluding carboxylic acids is 1. The molecule has 2 aliphatic rings. The maximum Gasteiger partial charge on any atom is 0.211 e. The molecule has 1 aliphatic carbocycles. The molecule has 0 spiro atoms. The highest BCUT2D eigenvalue weighted by Gasteiger charge is 2.42. The molecule has 4 heterocycles. The molecule has 5 rings (SSSR count). The Morgan fingerprint density at radius 2 is 2.09 bits per heavy atom. The first-order valence-electron chi connectivity index (χ1n) is 10.7. The van der Waals surface area contributed by atoms with Crippen LogP contribution in [0.15, 0.2) is 36.7 Å². The largest absolute Gasteiger partial charge is 0.374 e. The number of amides is 1. The van der Waals surface area contributed by atoms with Gasteiger partial charge in [-0.3, -0.25) is 9.78 Å². The number of nitrogens with one attached hydrogen (secondary N) is 1. The number of rotatable bonds is 9. The molecule has 3 N–H and O–H groups in total. The summed E-state index contributed by atoms with van der Waals surface area (Å²) < 4.78 is 19.4. The SMILES string of the molecule is NC1(N(C=O)Cc2cnc(-c3ccc(NCC4(c5ncccc5F)CCC4)nn3)s2)COC1. The summed E-state index contributed by atoms with van der Waals surface area (Å²) in [6.45, 7) is 1.56. The Hall–Kier alpha value is -3.02. The summed E-state index contributed by atoms with van der Waals surface area (Å²) in [4.78, 5) is 22.6. The first-order chi connectivity index (χ1) is 16.0. The minimum Gasteiger partial charge on any atom is -0.374 e. The lowest BCUT2D eigenvalue weighted by molar-refractivity contribution is -0.157. The molecule has 0 bridgehead atoms. The summed E-state index contributed by atoms with van der Waals surface area (Å²) in [6, 6.07) is 6.75. The number of nitrogens with two attached hydrogens (primary N) is 1. The van der Waals surface area contributed by atoms with Gasteiger partial charge in [0.25, 0.3) is 0 Å².